The number of nitrogens with zero attached hydrogens (tertiary/aromatic N) is 1. The van der Waals surface area contributed by atoms with Gasteiger partial charge in [0.05, 0.1) is 29.0 Å². The van der Waals surface area contributed by atoms with Crippen molar-refractivity contribution in [1.82, 2.24) is 0 Å². The molecule has 0 aliphatic rings. The zero-order valence-corrected chi connectivity index (χ0v) is 21.2. The summed E-state index contributed by atoms with van der Waals surface area (Å²) in [4.78, 5) is 34.8. The predicted octanol–water partition coefficient (Wildman–Crippen LogP) is 3.94. The van der Waals surface area contributed by atoms with Crippen molar-refractivity contribution in [2.45, 2.75) is 13.8 Å². The molecule has 10 nitrogen and oxygen atoms in total. The Morgan fingerprint density at radius 2 is 1.49 bits per heavy atom. The van der Waals surface area contributed by atoms with Crippen LogP contribution in [-0.2, 0) is 16.1 Å². The Morgan fingerprint density at radius 1 is 0.946 bits per heavy atom. The summed E-state index contributed by atoms with van der Waals surface area (Å²) in [5, 5.41) is 10.2. The van der Waals surface area contributed by atoms with Gasteiger partial charge in [0.1, 0.15) is 24.3 Å². The molecule has 1 atom stereocenters. The Kier molecular flexibility index (Phi) is 6.97. The quantitative estimate of drug-likeness (QED) is 0.0925. The number of hydrogen-bond acceptors (Lipinski definition) is 7. The van der Waals surface area contributed by atoms with Crippen LogP contribution in [0.3, 0.4) is 0 Å². The number of carboxylic acid groups (broad SMARTS) is 1. The summed E-state index contributed by atoms with van der Waals surface area (Å²) >= 11 is 0. The predicted molar refractivity (Wildman–Crippen MR) is 134 cm³/mol. The van der Waals surface area contributed by atoms with Crippen molar-refractivity contribution in [3.8, 4) is 17.2 Å². The van der Waals surface area contributed by atoms with E-state index in [1.165, 1.54) is 31.4 Å². The molecule has 0 saturated carbocycles. The standard InChI is InChI=1S/C25H21BNO9P/c1-13-9-15(24(28)29)10-14(2)23(13)34-25(30)22-18-11-16(33-4)5-7-20(18)27(3)21-8-6-17(12-19(21)22)35-37(31,32)36-26/h5-12H,1-4H3,(H-,28,29,31,32)/p+1. The molecule has 1 heterocycles. The fourth-order valence-corrected chi connectivity index (χ4v) is 4.65. The minimum Gasteiger partial charge on any atom is -0.497 e. The molecule has 3 aromatic carbocycles. The number of phosphoric ester groups is 1. The molecule has 2 radical (unpaired) electrons. The zero-order valence-electron chi connectivity index (χ0n) is 20.3. The van der Waals surface area contributed by atoms with Crippen LogP contribution >= 0.6 is 7.82 Å². The molecule has 0 spiro atoms. The molecule has 0 amide bonds. The fraction of sp³-hybridized carbons (Fsp3) is 0.160. The van der Waals surface area contributed by atoms with E-state index in [1.54, 1.807) is 45.2 Å². The average Bonchev–Trinajstić information content (AvgIpc) is 2.85. The van der Waals surface area contributed by atoms with Gasteiger partial charge in [0, 0.05) is 12.1 Å². The maximum absolute atomic E-state index is 13.8. The molecule has 1 unspecified atom stereocenters. The van der Waals surface area contributed by atoms with E-state index in [1.807, 2.05) is 4.57 Å². The number of carbonyl (C=O) groups excluding carboxylic acids is 1. The van der Waals surface area contributed by atoms with E-state index in [4.69, 9.17) is 22.0 Å². The number of carboxylic acids is 1. The van der Waals surface area contributed by atoms with Gasteiger partial charge in [-0.3, -0.25) is 4.89 Å². The number of aromatic nitrogens is 1. The molecule has 0 aliphatic carbocycles. The van der Waals surface area contributed by atoms with E-state index in [9.17, 15) is 24.2 Å². The van der Waals surface area contributed by atoms with Gasteiger partial charge in [0.2, 0.25) is 11.0 Å². The Balaban J connectivity index is 1.97. The van der Waals surface area contributed by atoms with Crippen LogP contribution in [0.1, 0.15) is 31.8 Å². The third-order valence-electron chi connectivity index (χ3n) is 5.89. The zero-order chi connectivity index (χ0) is 27.1. The number of fused-ring (bicyclic) bond motifs is 2. The van der Waals surface area contributed by atoms with Crippen LogP contribution in [0.4, 0.5) is 0 Å². The van der Waals surface area contributed by atoms with Crippen LogP contribution in [0.15, 0.2) is 48.5 Å². The monoisotopic (exact) mass is 522 g/mol. The molecule has 0 aliphatic heterocycles. The molecule has 2 N–H and O–H groups in total. The first kappa shape index (κ1) is 26.2. The van der Waals surface area contributed by atoms with E-state index >= 15 is 0 Å². The molecular weight excluding hydrogens is 500 g/mol. The van der Waals surface area contributed by atoms with Gasteiger partial charge in [-0.2, -0.15) is 4.57 Å². The van der Waals surface area contributed by atoms with E-state index in [0.717, 1.165) is 0 Å². The number of methoxy groups -OCH3 is 1. The molecule has 0 fully saturated rings. The van der Waals surface area contributed by atoms with Crippen molar-refractivity contribution in [3.63, 3.8) is 0 Å². The largest absolute Gasteiger partial charge is 0.511 e. The van der Waals surface area contributed by atoms with E-state index < -0.39 is 19.8 Å². The molecule has 1 aromatic heterocycles. The number of aromatic carboxylic acids is 1. The first-order valence-corrected chi connectivity index (χ1v) is 12.4. The summed E-state index contributed by atoms with van der Waals surface area (Å²) in [6.07, 6.45) is 0. The normalized spacial score (nSPS) is 12.8. The summed E-state index contributed by atoms with van der Waals surface area (Å²) in [6.45, 7) is 3.29. The summed E-state index contributed by atoms with van der Waals surface area (Å²) < 4.78 is 33.9. The highest BCUT2D eigenvalue weighted by Crippen LogP contribution is 2.43. The smallest absolute Gasteiger partial charge is 0.497 e. The Morgan fingerprint density at radius 3 is 2.00 bits per heavy atom. The van der Waals surface area contributed by atoms with Crippen molar-refractivity contribution in [2.75, 3.05) is 7.11 Å². The van der Waals surface area contributed by atoms with Crippen LogP contribution < -0.4 is 18.6 Å². The van der Waals surface area contributed by atoms with Crippen LogP contribution in [0.2, 0.25) is 0 Å². The number of benzene rings is 3. The molecule has 0 bridgehead atoms. The minimum absolute atomic E-state index is 0.0690. The van der Waals surface area contributed by atoms with Crippen molar-refractivity contribution in [2.24, 2.45) is 7.05 Å². The Labute approximate surface area is 213 Å². The summed E-state index contributed by atoms with van der Waals surface area (Å²) in [7, 11) is 3.56. The highest BCUT2D eigenvalue weighted by molar-refractivity contribution is 7.48. The van der Waals surface area contributed by atoms with Gasteiger partial charge in [-0.15, -0.1) is 0 Å². The second kappa shape index (κ2) is 9.86. The SMILES string of the molecule is [B]OP(=O)(O)Oc1ccc2c(c1)c(C(=O)Oc1c(C)cc(C(=O)O)cc1C)c1cc(OC)ccc1[n+]2C. The van der Waals surface area contributed by atoms with Crippen molar-refractivity contribution < 1.29 is 47.2 Å². The number of carbonyl (C=O) groups is 2. The summed E-state index contributed by atoms with van der Waals surface area (Å²) in [5.41, 5.74) is 2.40. The number of phosphoric acid groups is 1. The molecule has 4 aromatic rings. The lowest BCUT2D eigenvalue weighted by Gasteiger charge is -2.15. The number of pyridine rings is 1. The molecule has 12 heteroatoms. The van der Waals surface area contributed by atoms with Crippen LogP contribution in [0.25, 0.3) is 21.8 Å². The third kappa shape index (κ3) is 5.02. The lowest BCUT2D eigenvalue weighted by molar-refractivity contribution is -0.617. The van der Waals surface area contributed by atoms with Gasteiger partial charge >= 0.3 is 27.8 Å². The number of ether oxygens (including phenoxy) is 2. The summed E-state index contributed by atoms with van der Waals surface area (Å²) in [6, 6.07) is 12.5. The van der Waals surface area contributed by atoms with Gasteiger partial charge < -0.3 is 23.5 Å². The Hall–Kier alpha value is -3.92. The van der Waals surface area contributed by atoms with Crippen LogP contribution in [0, 0.1) is 13.8 Å². The van der Waals surface area contributed by atoms with E-state index in [2.05, 4.69) is 4.44 Å². The van der Waals surface area contributed by atoms with E-state index in [0.29, 0.717) is 38.7 Å². The molecule has 188 valence electrons. The average molecular weight is 522 g/mol. The van der Waals surface area contributed by atoms with Gasteiger partial charge in [-0.25, -0.2) is 14.2 Å². The van der Waals surface area contributed by atoms with Gasteiger partial charge in [-0.1, -0.05) is 0 Å². The first-order chi connectivity index (χ1) is 17.5. The number of rotatable bonds is 7. The maximum Gasteiger partial charge on any atom is 0.511 e. The second-order valence-electron chi connectivity index (χ2n) is 8.30. The Bertz CT molecular complexity index is 1610. The highest BCUT2D eigenvalue weighted by atomic mass is 31.2. The van der Waals surface area contributed by atoms with Crippen molar-refractivity contribution >= 4 is 49.6 Å². The van der Waals surface area contributed by atoms with Gasteiger partial charge in [-0.05, 0) is 61.4 Å². The fourth-order valence-electron chi connectivity index (χ4n) is 4.23. The topological polar surface area (TPSA) is 132 Å². The highest BCUT2D eigenvalue weighted by Gasteiger charge is 2.27. The second-order valence-corrected chi connectivity index (χ2v) is 9.63. The number of esters is 1. The molecule has 4 rings (SSSR count). The molecule has 0 saturated heterocycles. The van der Waals surface area contributed by atoms with Crippen LogP contribution in [-0.4, -0.2) is 37.1 Å². The van der Waals surface area contributed by atoms with Crippen LogP contribution in [0.5, 0.6) is 17.2 Å². The first-order valence-electron chi connectivity index (χ1n) is 10.9. The van der Waals surface area contributed by atoms with E-state index in [-0.39, 0.29) is 22.6 Å². The molecular formula is C25H22BNO9P+. The van der Waals surface area contributed by atoms with Crippen molar-refractivity contribution in [1.29, 1.82) is 0 Å². The maximum atomic E-state index is 13.8. The number of aryl methyl sites for hydroxylation is 3. The number of hydrogen-bond donors (Lipinski definition) is 2. The lowest BCUT2D eigenvalue weighted by atomic mass is 10.0. The minimum atomic E-state index is -4.58. The van der Waals surface area contributed by atoms with Gasteiger partial charge in [0.25, 0.3) is 0 Å². The lowest BCUT2D eigenvalue weighted by Crippen LogP contribution is -2.31. The van der Waals surface area contributed by atoms with Gasteiger partial charge in [0.15, 0.2) is 0 Å². The third-order valence-corrected chi connectivity index (χ3v) is 6.60. The molecule has 37 heavy (non-hydrogen) atoms. The van der Waals surface area contributed by atoms with Crippen molar-refractivity contribution in [3.05, 3.63) is 70.8 Å². The summed E-state index contributed by atoms with van der Waals surface area (Å²) in [5.74, 6) is -1.20.